The summed E-state index contributed by atoms with van der Waals surface area (Å²) in [4.78, 5) is 11.6. The maximum Gasteiger partial charge on any atom is 0.408 e. The zero-order valence-corrected chi connectivity index (χ0v) is 13.7. The van der Waals surface area contributed by atoms with E-state index in [0.717, 1.165) is 31.7 Å². The van der Waals surface area contributed by atoms with Crippen molar-refractivity contribution < 1.29 is 22.7 Å². The summed E-state index contributed by atoms with van der Waals surface area (Å²) in [5.41, 5.74) is 1.19. The second-order valence-electron chi connectivity index (χ2n) is 6.20. The van der Waals surface area contributed by atoms with Gasteiger partial charge >= 0.3 is 6.18 Å². The molecule has 1 saturated heterocycles. The quantitative estimate of drug-likeness (QED) is 0.904. The standard InChI is InChI=1S/C17H20F3N3O2/c18-17(19,20)11-23-16(24)6-5-15(22-23)12-1-3-13(4-2-12)25-14-7-9-21-10-8-14/h1-4,14,21H,5-11H2. The molecule has 1 aromatic rings. The van der Waals surface area contributed by atoms with Crippen molar-refractivity contribution in [2.45, 2.75) is 38.0 Å². The Labute approximate surface area is 143 Å². The second kappa shape index (κ2) is 7.43. The summed E-state index contributed by atoms with van der Waals surface area (Å²) in [5, 5.41) is 7.68. The largest absolute Gasteiger partial charge is 0.490 e. The molecule has 1 fully saturated rings. The summed E-state index contributed by atoms with van der Waals surface area (Å²) in [6, 6.07) is 7.14. The van der Waals surface area contributed by atoms with Crippen LogP contribution in [0.2, 0.25) is 0 Å². The third-order valence-corrected chi connectivity index (χ3v) is 4.21. The molecule has 0 aliphatic carbocycles. The van der Waals surface area contributed by atoms with Crippen LogP contribution >= 0.6 is 0 Å². The summed E-state index contributed by atoms with van der Waals surface area (Å²) in [5.74, 6) is 0.127. The minimum atomic E-state index is -4.46. The van der Waals surface area contributed by atoms with Gasteiger partial charge in [-0.2, -0.15) is 18.3 Å². The Balaban J connectivity index is 1.68. The number of hydrazone groups is 1. The molecule has 136 valence electrons. The molecule has 1 amide bonds. The monoisotopic (exact) mass is 355 g/mol. The number of carbonyl (C=O) groups excluding carboxylic acids is 1. The SMILES string of the molecule is O=C1CCC(c2ccc(OC3CCNCC3)cc2)=NN1CC(F)(F)F. The van der Waals surface area contributed by atoms with E-state index in [0.29, 0.717) is 22.7 Å². The normalized spacial score (nSPS) is 19.7. The van der Waals surface area contributed by atoms with E-state index in [1.807, 2.05) is 0 Å². The fraction of sp³-hybridized carbons (Fsp3) is 0.529. The summed E-state index contributed by atoms with van der Waals surface area (Å²) in [6.07, 6.45) is -2.02. The van der Waals surface area contributed by atoms with Crippen LogP contribution in [0.1, 0.15) is 31.2 Å². The second-order valence-corrected chi connectivity index (χ2v) is 6.20. The highest BCUT2D eigenvalue weighted by Crippen LogP contribution is 2.23. The lowest BCUT2D eigenvalue weighted by Gasteiger charge is -2.25. The van der Waals surface area contributed by atoms with Gasteiger partial charge in [-0.1, -0.05) is 0 Å². The van der Waals surface area contributed by atoms with Crippen molar-refractivity contribution in [3.05, 3.63) is 29.8 Å². The smallest absolute Gasteiger partial charge is 0.408 e. The summed E-state index contributed by atoms with van der Waals surface area (Å²) < 4.78 is 43.5. The van der Waals surface area contributed by atoms with Gasteiger partial charge in [-0.25, -0.2) is 5.01 Å². The van der Waals surface area contributed by atoms with Crippen molar-refractivity contribution in [3.63, 3.8) is 0 Å². The number of halogens is 3. The van der Waals surface area contributed by atoms with E-state index in [1.54, 1.807) is 24.3 Å². The lowest BCUT2D eigenvalue weighted by molar-refractivity contribution is -0.161. The van der Waals surface area contributed by atoms with Crippen LogP contribution in [0.15, 0.2) is 29.4 Å². The highest BCUT2D eigenvalue weighted by atomic mass is 19.4. The van der Waals surface area contributed by atoms with Gasteiger partial charge in [0.2, 0.25) is 5.91 Å². The van der Waals surface area contributed by atoms with E-state index >= 15 is 0 Å². The zero-order chi connectivity index (χ0) is 17.9. The van der Waals surface area contributed by atoms with Gasteiger partial charge in [0, 0.05) is 12.8 Å². The molecule has 8 heteroatoms. The van der Waals surface area contributed by atoms with Gasteiger partial charge in [-0.15, -0.1) is 0 Å². The molecule has 2 heterocycles. The average Bonchev–Trinajstić information content (AvgIpc) is 2.57. The molecular formula is C17H20F3N3O2. The average molecular weight is 355 g/mol. The molecule has 2 aliphatic rings. The number of hydrogen-bond acceptors (Lipinski definition) is 4. The molecular weight excluding hydrogens is 335 g/mol. The molecule has 2 aliphatic heterocycles. The highest BCUT2D eigenvalue weighted by molar-refractivity contribution is 6.04. The van der Waals surface area contributed by atoms with Crippen molar-refractivity contribution >= 4 is 11.6 Å². The van der Waals surface area contributed by atoms with Crippen LogP contribution in [0, 0.1) is 0 Å². The first-order valence-corrected chi connectivity index (χ1v) is 8.33. The van der Waals surface area contributed by atoms with Crippen LogP contribution in [0.25, 0.3) is 0 Å². The fourth-order valence-electron chi connectivity index (χ4n) is 2.93. The van der Waals surface area contributed by atoms with Gasteiger partial charge in [0.1, 0.15) is 18.4 Å². The van der Waals surface area contributed by atoms with Gasteiger partial charge in [-0.05, 0) is 55.8 Å². The fourth-order valence-corrected chi connectivity index (χ4v) is 2.93. The van der Waals surface area contributed by atoms with E-state index in [2.05, 4.69) is 10.4 Å². The Bertz CT molecular complexity index is 638. The number of alkyl halides is 3. The highest BCUT2D eigenvalue weighted by Gasteiger charge is 2.35. The number of nitrogens with zero attached hydrogens (tertiary/aromatic N) is 2. The van der Waals surface area contributed by atoms with Gasteiger partial charge in [-0.3, -0.25) is 4.79 Å². The molecule has 0 unspecified atom stereocenters. The molecule has 0 bridgehead atoms. The Morgan fingerprint density at radius 2 is 1.84 bits per heavy atom. The molecule has 0 aromatic heterocycles. The topological polar surface area (TPSA) is 53.9 Å². The van der Waals surface area contributed by atoms with E-state index in [4.69, 9.17) is 4.74 Å². The number of piperidine rings is 1. The summed E-state index contributed by atoms with van der Waals surface area (Å²) >= 11 is 0. The van der Waals surface area contributed by atoms with Crippen molar-refractivity contribution in [2.75, 3.05) is 19.6 Å². The maximum atomic E-state index is 12.5. The lowest BCUT2D eigenvalue weighted by atomic mass is 10.0. The van der Waals surface area contributed by atoms with Crippen LogP contribution in [0.4, 0.5) is 13.2 Å². The van der Waals surface area contributed by atoms with Crippen LogP contribution < -0.4 is 10.1 Å². The van der Waals surface area contributed by atoms with Crippen LogP contribution in [-0.4, -0.2) is 48.5 Å². The van der Waals surface area contributed by atoms with Crippen molar-refractivity contribution in [1.29, 1.82) is 0 Å². The number of ether oxygens (including phenoxy) is 1. The van der Waals surface area contributed by atoms with Crippen LogP contribution in [-0.2, 0) is 4.79 Å². The molecule has 1 aromatic carbocycles. The molecule has 25 heavy (non-hydrogen) atoms. The van der Waals surface area contributed by atoms with Gasteiger partial charge in [0.15, 0.2) is 0 Å². The number of nitrogens with one attached hydrogen (secondary N) is 1. The predicted octanol–water partition coefficient (Wildman–Crippen LogP) is 2.71. The van der Waals surface area contributed by atoms with E-state index in [-0.39, 0.29) is 12.5 Å². The first-order valence-electron chi connectivity index (χ1n) is 8.33. The number of hydrogen-bond donors (Lipinski definition) is 1. The molecule has 0 radical (unpaired) electrons. The number of benzene rings is 1. The molecule has 1 N–H and O–H groups in total. The van der Waals surface area contributed by atoms with Gasteiger partial charge < -0.3 is 10.1 Å². The van der Waals surface area contributed by atoms with E-state index in [9.17, 15) is 18.0 Å². The first-order chi connectivity index (χ1) is 11.9. The number of rotatable bonds is 4. The molecule has 5 nitrogen and oxygen atoms in total. The van der Waals surface area contributed by atoms with E-state index < -0.39 is 18.6 Å². The van der Waals surface area contributed by atoms with Gasteiger partial charge in [0.25, 0.3) is 0 Å². The predicted molar refractivity (Wildman–Crippen MR) is 86.5 cm³/mol. The number of carbonyl (C=O) groups is 1. The minimum Gasteiger partial charge on any atom is -0.490 e. The molecule has 0 saturated carbocycles. The van der Waals surface area contributed by atoms with Crippen molar-refractivity contribution in [2.24, 2.45) is 5.10 Å². The molecule has 0 spiro atoms. The van der Waals surface area contributed by atoms with Crippen LogP contribution in [0.5, 0.6) is 5.75 Å². The Morgan fingerprint density at radius 3 is 2.48 bits per heavy atom. The zero-order valence-electron chi connectivity index (χ0n) is 13.7. The maximum absolute atomic E-state index is 12.5. The molecule has 3 rings (SSSR count). The first kappa shape index (κ1) is 17.7. The minimum absolute atomic E-state index is 0.0300. The Kier molecular flexibility index (Phi) is 5.27. The Morgan fingerprint density at radius 1 is 1.16 bits per heavy atom. The lowest BCUT2D eigenvalue weighted by Crippen LogP contribution is -2.38. The third-order valence-electron chi connectivity index (χ3n) is 4.21. The van der Waals surface area contributed by atoms with E-state index in [1.165, 1.54) is 0 Å². The molecule has 0 atom stereocenters. The van der Waals surface area contributed by atoms with Crippen molar-refractivity contribution in [3.8, 4) is 5.75 Å². The number of amides is 1. The van der Waals surface area contributed by atoms with Crippen LogP contribution in [0.3, 0.4) is 0 Å². The summed E-state index contributed by atoms with van der Waals surface area (Å²) in [6.45, 7) is 0.511. The van der Waals surface area contributed by atoms with Gasteiger partial charge in [0.05, 0.1) is 5.71 Å². The Hall–Kier alpha value is -2.09. The van der Waals surface area contributed by atoms with Crippen molar-refractivity contribution in [1.82, 2.24) is 10.3 Å². The third kappa shape index (κ3) is 4.94. The summed E-state index contributed by atoms with van der Waals surface area (Å²) in [7, 11) is 0.